The maximum Gasteiger partial charge on any atom is 0.354 e. The Kier molecular flexibility index (Phi) is 4.20. The highest BCUT2D eigenvalue weighted by Crippen LogP contribution is 2.00. The molecule has 16 heavy (non-hydrogen) atoms. The van der Waals surface area contributed by atoms with Crippen molar-refractivity contribution in [2.24, 2.45) is 0 Å². The summed E-state index contributed by atoms with van der Waals surface area (Å²) in [6.45, 7) is 4.04. The molecule has 5 nitrogen and oxygen atoms in total. The van der Waals surface area contributed by atoms with Gasteiger partial charge in [-0.2, -0.15) is 0 Å². The van der Waals surface area contributed by atoms with Crippen molar-refractivity contribution in [3.63, 3.8) is 0 Å². The van der Waals surface area contributed by atoms with Gasteiger partial charge in [-0.15, -0.1) is 6.58 Å². The fraction of sp³-hybridized carbons (Fsp3) is 0.182. The number of aromatic nitrogens is 1. The largest absolute Gasteiger partial charge is 0.477 e. The van der Waals surface area contributed by atoms with E-state index in [1.807, 2.05) is 0 Å². The molecule has 0 aliphatic rings. The molecule has 0 aromatic carbocycles. The molecule has 1 aromatic heterocycles. The van der Waals surface area contributed by atoms with Crippen molar-refractivity contribution in [3.05, 3.63) is 42.2 Å². The summed E-state index contributed by atoms with van der Waals surface area (Å²) < 4.78 is 0. The minimum Gasteiger partial charge on any atom is -0.477 e. The van der Waals surface area contributed by atoms with E-state index >= 15 is 0 Å². The lowest BCUT2D eigenvalue weighted by Gasteiger charge is -2.02. The van der Waals surface area contributed by atoms with E-state index in [4.69, 9.17) is 5.11 Å². The molecule has 0 saturated carbocycles. The Labute approximate surface area is 92.8 Å². The Morgan fingerprint density at radius 1 is 1.50 bits per heavy atom. The number of carboxylic acid groups (broad SMARTS) is 1. The van der Waals surface area contributed by atoms with Crippen LogP contribution in [0.3, 0.4) is 0 Å². The zero-order valence-corrected chi connectivity index (χ0v) is 8.64. The van der Waals surface area contributed by atoms with E-state index in [1.165, 1.54) is 18.3 Å². The summed E-state index contributed by atoms with van der Waals surface area (Å²) in [5.41, 5.74) is 0.261. The number of nitrogens with zero attached hydrogens (tertiary/aromatic N) is 1. The van der Waals surface area contributed by atoms with E-state index in [-0.39, 0.29) is 11.6 Å². The van der Waals surface area contributed by atoms with Crippen molar-refractivity contribution >= 4 is 11.9 Å². The summed E-state index contributed by atoms with van der Waals surface area (Å²) in [6.07, 6.45) is 3.63. The smallest absolute Gasteiger partial charge is 0.354 e. The summed E-state index contributed by atoms with van der Waals surface area (Å²) in [7, 11) is 0. The second-order valence-electron chi connectivity index (χ2n) is 3.07. The lowest BCUT2D eigenvalue weighted by molar-refractivity contribution is 0.0689. The maximum atomic E-state index is 11.5. The van der Waals surface area contributed by atoms with Gasteiger partial charge in [-0.25, -0.2) is 9.78 Å². The third-order valence-corrected chi connectivity index (χ3v) is 1.88. The molecular formula is C11H12N2O3. The van der Waals surface area contributed by atoms with Crippen LogP contribution in [0.15, 0.2) is 31.0 Å². The van der Waals surface area contributed by atoms with Crippen LogP contribution in [0, 0.1) is 0 Å². The number of carbonyl (C=O) groups is 2. The molecular weight excluding hydrogens is 208 g/mol. The topological polar surface area (TPSA) is 79.3 Å². The third-order valence-electron chi connectivity index (χ3n) is 1.88. The first-order valence-corrected chi connectivity index (χ1v) is 4.73. The quantitative estimate of drug-likeness (QED) is 0.575. The van der Waals surface area contributed by atoms with Gasteiger partial charge in [0.2, 0.25) is 0 Å². The summed E-state index contributed by atoms with van der Waals surface area (Å²) in [5, 5.41) is 11.3. The second-order valence-corrected chi connectivity index (χ2v) is 3.07. The molecule has 1 aromatic rings. The third kappa shape index (κ3) is 3.20. The normalized spacial score (nSPS) is 9.50. The zero-order chi connectivity index (χ0) is 12.0. The summed E-state index contributed by atoms with van der Waals surface area (Å²) in [4.78, 5) is 25.6. The first kappa shape index (κ1) is 11.9. The van der Waals surface area contributed by atoms with E-state index in [1.54, 1.807) is 6.08 Å². The van der Waals surface area contributed by atoms with E-state index in [0.717, 1.165) is 0 Å². The van der Waals surface area contributed by atoms with Crippen LogP contribution in [0.1, 0.15) is 27.3 Å². The molecule has 0 spiro atoms. The standard InChI is InChI=1S/C11H12N2O3/c1-2-3-6-12-10(14)8-4-5-9(11(15)16)13-7-8/h2,4-5,7H,1,3,6H2,(H,12,14)(H,15,16). The monoisotopic (exact) mass is 220 g/mol. The van der Waals surface area contributed by atoms with Crippen molar-refractivity contribution < 1.29 is 14.7 Å². The molecule has 84 valence electrons. The van der Waals surface area contributed by atoms with Crippen LogP contribution in [0.25, 0.3) is 0 Å². The average Bonchev–Trinajstić information content (AvgIpc) is 2.29. The Morgan fingerprint density at radius 2 is 2.25 bits per heavy atom. The van der Waals surface area contributed by atoms with Crippen molar-refractivity contribution in [1.82, 2.24) is 10.3 Å². The predicted octanol–water partition coefficient (Wildman–Crippen LogP) is 1.09. The first-order valence-electron chi connectivity index (χ1n) is 4.73. The highest BCUT2D eigenvalue weighted by atomic mass is 16.4. The molecule has 1 heterocycles. The van der Waals surface area contributed by atoms with Gasteiger partial charge in [0.05, 0.1) is 5.56 Å². The van der Waals surface area contributed by atoms with Crippen molar-refractivity contribution in [3.8, 4) is 0 Å². The van der Waals surface area contributed by atoms with Crippen LogP contribution in [-0.2, 0) is 0 Å². The number of rotatable bonds is 5. The van der Waals surface area contributed by atoms with Gasteiger partial charge in [0.15, 0.2) is 0 Å². The Bertz CT molecular complexity index is 398. The molecule has 1 rings (SSSR count). The predicted molar refractivity (Wildman–Crippen MR) is 58.3 cm³/mol. The molecule has 0 radical (unpaired) electrons. The van der Waals surface area contributed by atoms with Crippen LogP contribution >= 0.6 is 0 Å². The summed E-state index contributed by atoms with van der Waals surface area (Å²) >= 11 is 0. The SMILES string of the molecule is C=CCCNC(=O)c1ccc(C(=O)O)nc1. The van der Waals surface area contributed by atoms with E-state index in [2.05, 4.69) is 16.9 Å². The number of hydrogen-bond acceptors (Lipinski definition) is 3. The van der Waals surface area contributed by atoms with Crippen LogP contribution in [0.2, 0.25) is 0 Å². The van der Waals surface area contributed by atoms with Gasteiger partial charge in [-0.3, -0.25) is 4.79 Å². The number of nitrogens with one attached hydrogen (secondary N) is 1. The summed E-state index contributed by atoms with van der Waals surface area (Å²) in [5.74, 6) is -1.38. The van der Waals surface area contributed by atoms with Gasteiger partial charge in [-0.05, 0) is 18.6 Å². The molecule has 1 amide bonds. The Morgan fingerprint density at radius 3 is 2.75 bits per heavy atom. The highest BCUT2D eigenvalue weighted by Gasteiger charge is 2.07. The van der Waals surface area contributed by atoms with E-state index < -0.39 is 5.97 Å². The number of carbonyl (C=O) groups excluding carboxylic acids is 1. The Balaban J connectivity index is 2.63. The number of carboxylic acids is 1. The van der Waals surface area contributed by atoms with E-state index in [0.29, 0.717) is 18.5 Å². The van der Waals surface area contributed by atoms with Gasteiger partial charge in [0.1, 0.15) is 5.69 Å². The van der Waals surface area contributed by atoms with Crippen LogP contribution < -0.4 is 5.32 Å². The van der Waals surface area contributed by atoms with E-state index in [9.17, 15) is 9.59 Å². The number of hydrogen-bond donors (Lipinski definition) is 2. The molecule has 0 bridgehead atoms. The number of amides is 1. The van der Waals surface area contributed by atoms with Crippen LogP contribution in [0.4, 0.5) is 0 Å². The van der Waals surface area contributed by atoms with Gasteiger partial charge >= 0.3 is 5.97 Å². The number of aromatic carboxylic acids is 1. The van der Waals surface area contributed by atoms with Gasteiger partial charge in [-0.1, -0.05) is 6.08 Å². The second kappa shape index (κ2) is 5.65. The molecule has 0 unspecified atom stereocenters. The highest BCUT2D eigenvalue weighted by molar-refractivity contribution is 5.94. The lowest BCUT2D eigenvalue weighted by Crippen LogP contribution is -2.24. The fourth-order valence-electron chi connectivity index (χ4n) is 1.04. The van der Waals surface area contributed by atoms with Gasteiger partial charge in [0.25, 0.3) is 5.91 Å². The average molecular weight is 220 g/mol. The van der Waals surface area contributed by atoms with Crippen LogP contribution in [0.5, 0.6) is 0 Å². The molecule has 0 saturated heterocycles. The summed E-state index contributed by atoms with van der Waals surface area (Å²) in [6, 6.07) is 2.73. The molecule has 0 fully saturated rings. The minimum absolute atomic E-state index is 0.0809. The van der Waals surface area contributed by atoms with Crippen LogP contribution in [-0.4, -0.2) is 28.5 Å². The van der Waals surface area contributed by atoms with Gasteiger partial charge < -0.3 is 10.4 Å². The van der Waals surface area contributed by atoms with Gasteiger partial charge in [0, 0.05) is 12.7 Å². The molecule has 0 atom stereocenters. The Hall–Kier alpha value is -2.17. The molecule has 5 heteroatoms. The van der Waals surface area contributed by atoms with Crippen molar-refractivity contribution in [2.75, 3.05) is 6.54 Å². The fourth-order valence-corrected chi connectivity index (χ4v) is 1.04. The lowest BCUT2D eigenvalue weighted by atomic mass is 10.2. The zero-order valence-electron chi connectivity index (χ0n) is 8.64. The molecule has 0 aliphatic carbocycles. The number of pyridine rings is 1. The first-order chi connectivity index (χ1) is 7.65. The maximum absolute atomic E-state index is 11.5. The minimum atomic E-state index is -1.11. The molecule has 2 N–H and O–H groups in total. The van der Waals surface area contributed by atoms with Crippen molar-refractivity contribution in [1.29, 1.82) is 0 Å². The molecule has 0 aliphatic heterocycles. The van der Waals surface area contributed by atoms with Crippen molar-refractivity contribution in [2.45, 2.75) is 6.42 Å².